The molecule has 0 amide bonds. The van der Waals surface area contributed by atoms with Gasteiger partial charge in [-0.15, -0.1) is 0 Å². The van der Waals surface area contributed by atoms with E-state index in [0.29, 0.717) is 17.5 Å². The molecule has 0 aliphatic carbocycles. The van der Waals surface area contributed by atoms with Crippen LogP contribution in [0.5, 0.6) is 0 Å². The van der Waals surface area contributed by atoms with Crippen molar-refractivity contribution in [3.63, 3.8) is 0 Å². The Hall–Kier alpha value is -3.10. The van der Waals surface area contributed by atoms with Crippen LogP contribution in [0.2, 0.25) is 0 Å². The summed E-state index contributed by atoms with van der Waals surface area (Å²) in [7, 11) is -4.38. The summed E-state index contributed by atoms with van der Waals surface area (Å²) in [5.74, 6) is 0.862. The highest BCUT2D eigenvalue weighted by Gasteiger charge is 2.13. The Balaban J connectivity index is 1.74. The van der Waals surface area contributed by atoms with E-state index in [9.17, 15) is 16.8 Å². The maximum absolute atomic E-state index is 11.9. The second-order valence-electron chi connectivity index (χ2n) is 7.35. The standard InChI is InChI=1S/C20H25N7O4S2/c1-14-12-22-20(25-16-7-9-18(10-8-16)32(21,28)29)26-19(14)24-17-6-4-5-15(11-17)13-23-33(30,31)27(2)3/h4-12,23H,13H2,1-3H3,(H2,21,28,29)(H2,22,24,25,26). The van der Waals surface area contributed by atoms with Crippen molar-refractivity contribution in [1.82, 2.24) is 19.0 Å². The molecule has 13 heteroatoms. The molecule has 5 N–H and O–H groups in total. The SMILES string of the molecule is Cc1cnc(Nc2ccc(S(N)(=O)=O)cc2)nc1Nc1cccc(CNS(=O)(=O)N(C)C)c1. The van der Waals surface area contributed by atoms with Crippen LogP contribution in [-0.4, -0.2) is 45.2 Å². The molecule has 2 aromatic carbocycles. The fourth-order valence-corrected chi connectivity index (χ4v) is 3.81. The average molecular weight is 492 g/mol. The number of nitrogens with two attached hydrogens (primary N) is 1. The molecular formula is C20H25N7O4S2. The Kier molecular flexibility index (Phi) is 7.29. The van der Waals surface area contributed by atoms with E-state index in [0.717, 1.165) is 21.1 Å². The first-order valence-electron chi connectivity index (χ1n) is 9.71. The Morgan fingerprint density at radius 1 is 0.970 bits per heavy atom. The zero-order chi connectivity index (χ0) is 24.2. The molecule has 0 aliphatic heterocycles. The monoisotopic (exact) mass is 491 g/mol. The molecule has 11 nitrogen and oxygen atoms in total. The fourth-order valence-electron chi connectivity index (χ4n) is 2.69. The molecule has 1 heterocycles. The van der Waals surface area contributed by atoms with Gasteiger partial charge in [-0.2, -0.15) is 22.4 Å². The predicted octanol–water partition coefficient (Wildman–Crippen LogP) is 1.82. The molecule has 176 valence electrons. The Morgan fingerprint density at radius 3 is 2.30 bits per heavy atom. The molecule has 1 aromatic heterocycles. The van der Waals surface area contributed by atoms with Gasteiger partial charge in [-0.25, -0.2) is 18.5 Å². The number of hydrogen-bond acceptors (Lipinski definition) is 8. The smallest absolute Gasteiger partial charge is 0.279 e. The topological polar surface area (TPSA) is 159 Å². The molecule has 0 saturated heterocycles. The first kappa shape index (κ1) is 24.5. The third-order valence-electron chi connectivity index (χ3n) is 4.54. The van der Waals surface area contributed by atoms with Crippen LogP contribution in [0.15, 0.2) is 59.6 Å². The number of rotatable bonds is 9. The lowest BCUT2D eigenvalue weighted by molar-refractivity contribution is 0.505. The molecular weight excluding hydrogens is 466 g/mol. The van der Waals surface area contributed by atoms with E-state index in [1.165, 1.54) is 26.2 Å². The highest BCUT2D eigenvalue weighted by molar-refractivity contribution is 7.89. The highest BCUT2D eigenvalue weighted by atomic mass is 32.2. The van der Waals surface area contributed by atoms with E-state index in [2.05, 4.69) is 25.3 Å². The van der Waals surface area contributed by atoms with Crippen LogP contribution in [0.25, 0.3) is 0 Å². The van der Waals surface area contributed by atoms with E-state index >= 15 is 0 Å². The van der Waals surface area contributed by atoms with Crippen molar-refractivity contribution >= 4 is 43.4 Å². The molecule has 3 aromatic rings. The lowest BCUT2D eigenvalue weighted by Crippen LogP contribution is -2.35. The number of nitrogens with zero attached hydrogens (tertiary/aromatic N) is 3. The number of hydrogen-bond donors (Lipinski definition) is 4. The van der Waals surface area contributed by atoms with Crippen molar-refractivity contribution in [2.24, 2.45) is 5.14 Å². The molecule has 3 rings (SSSR count). The van der Waals surface area contributed by atoms with E-state index in [1.807, 2.05) is 31.2 Å². The third-order valence-corrected chi connectivity index (χ3v) is 6.94. The number of aromatic nitrogens is 2. The second kappa shape index (κ2) is 9.80. The van der Waals surface area contributed by atoms with E-state index in [4.69, 9.17) is 5.14 Å². The first-order valence-corrected chi connectivity index (χ1v) is 12.7. The van der Waals surface area contributed by atoms with Gasteiger partial charge in [0, 0.05) is 43.8 Å². The van der Waals surface area contributed by atoms with Crippen molar-refractivity contribution in [2.45, 2.75) is 18.4 Å². The van der Waals surface area contributed by atoms with E-state index in [-0.39, 0.29) is 11.4 Å². The number of benzene rings is 2. The van der Waals surface area contributed by atoms with Crippen molar-refractivity contribution in [2.75, 3.05) is 24.7 Å². The van der Waals surface area contributed by atoms with Crippen molar-refractivity contribution in [1.29, 1.82) is 0 Å². The molecule has 0 atom stereocenters. The zero-order valence-corrected chi connectivity index (χ0v) is 19.9. The van der Waals surface area contributed by atoms with Gasteiger partial charge in [0.15, 0.2) is 0 Å². The summed E-state index contributed by atoms with van der Waals surface area (Å²) in [6, 6.07) is 13.2. The van der Waals surface area contributed by atoms with Crippen LogP contribution in [-0.2, 0) is 26.8 Å². The minimum Gasteiger partial charge on any atom is -0.340 e. The normalized spacial score (nSPS) is 12.0. The Bertz CT molecular complexity index is 1340. The summed E-state index contributed by atoms with van der Waals surface area (Å²) < 4.78 is 50.2. The molecule has 0 spiro atoms. The van der Waals surface area contributed by atoms with Gasteiger partial charge in [-0.3, -0.25) is 0 Å². The molecule has 0 radical (unpaired) electrons. The molecule has 0 fully saturated rings. The van der Waals surface area contributed by atoms with E-state index in [1.54, 1.807) is 18.3 Å². The van der Waals surface area contributed by atoms with Gasteiger partial charge in [0.25, 0.3) is 10.2 Å². The summed E-state index contributed by atoms with van der Waals surface area (Å²) in [5, 5.41) is 11.3. The lowest BCUT2D eigenvalue weighted by Gasteiger charge is -2.14. The Labute approximate surface area is 193 Å². The third kappa shape index (κ3) is 6.69. The van der Waals surface area contributed by atoms with Gasteiger partial charge >= 0.3 is 0 Å². The number of nitrogens with one attached hydrogen (secondary N) is 3. The average Bonchev–Trinajstić information content (AvgIpc) is 2.75. The largest absolute Gasteiger partial charge is 0.340 e. The highest BCUT2D eigenvalue weighted by Crippen LogP contribution is 2.22. The summed E-state index contributed by atoms with van der Waals surface area (Å²) in [5.41, 5.74) is 2.88. The van der Waals surface area contributed by atoms with Gasteiger partial charge in [0.1, 0.15) is 5.82 Å². The molecule has 0 unspecified atom stereocenters. The van der Waals surface area contributed by atoms with Crippen LogP contribution < -0.4 is 20.5 Å². The summed E-state index contributed by atoms with van der Waals surface area (Å²) >= 11 is 0. The number of primary sulfonamides is 1. The van der Waals surface area contributed by atoms with Crippen molar-refractivity contribution < 1.29 is 16.8 Å². The van der Waals surface area contributed by atoms with Gasteiger partial charge in [-0.05, 0) is 48.9 Å². The quantitative estimate of drug-likeness (QED) is 0.353. The molecule has 0 bridgehead atoms. The first-order chi connectivity index (χ1) is 15.4. The number of anilines is 4. The fraction of sp³-hybridized carbons (Fsp3) is 0.200. The summed E-state index contributed by atoms with van der Waals surface area (Å²) in [6.45, 7) is 1.99. The Morgan fingerprint density at radius 2 is 1.67 bits per heavy atom. The number of aryl methyl sites for hydroxylation is 1. The van der Waals surface area contributed by atoms with Crippen LogP contribution in [0.1, 0.15) is 11.1 Å². The zero-order valence-electron chi connectivity index (χ0n) is 18.3. The van der Waals surface area contributed by atoms with Gasteiger partial charge < -0.3 is 10.6 Å². The molecule has 33 heavy (non-hydrogen) atoms. The second-order valence-corrected chi connectivity index (χ2v) is 10.9. The number of sulfonamides is 1. The van der Waals surface area contributed by atoms with Gasteiger partial charge in [0.2, 0.25) is 16.0 Å². The van der Waals surface area contributed by atoms with Crippen molar-refractivity contribution in [3.8, 4) is 0 Å². The minimum atomic E-state index is -3.77. The van der Waals surface area contributed by atoms with Crippen molar-refractivity contribution in [3.05, 3.63) is 65.9 Å². The van der Waals surface area contributed by atoms with Gasteiger partial charge in [0.05, 0.1) is 4.90 Å². The van der Waals surface area contributed by atoms with Crippen LogP contribution in [0.3, 0.4) is 0 Å². The minimum absolute atomic E-state index is 0.00739. The summed E-state index contributed by atoms with van der Waals surface area (Å²) in [4.78, 5) is 8.74. The van der Waals surface area contributed by atoms with Crippen LogP contribution in [0.4, 0.5) is 23.1 Å². The van der Waals surface area contributed by atoms with E-state index < -0.39 is 20.2 Å². The van der Waals surface area contributed by atoms with Gasteiger partial charge in [-0.1, -0.05) is 12.1 Å². The lowest BCUT2D eigenvalue weighted by atomic mass is 10.2. The van der Waals surface area contributed by atoms with Crippen LogP contribution >= 0.6 is 0 Å². The maximum Gasteiger partial charge on any atom is 0.279 e. The summed E-state index contributed by atoms with van der Waals surface area (Å²) in [6.07, 6.45) is 1.64. The maximum atomic E-state index is 11.9. The predicted molar refractivity (Wildman–Crippen MR) is 127 cm³/mol. The molecule has 0 aliphatic rings. The molecule has 0 saturated carbocycles. The van der Waals surface area contributed by atoms with Crippen LogP contribution in [0, 0.1) is 6.92 Å².